The fourth-order valence-electron chi connectivity index (χ4n) is 3.70. The van der Waals surface area contributed by atoms with E-state index in [0.717, 1.165) is 77.7 Å². The van der Waals surface area contributed by atoms with Gasteiger partial charge >= 0.3 is 0 Å². The van der Waals surface area contributed by atoms with Gasteiger partial charge in [-0.2, -0.15) is 0 Å². The fraction of sp³-hybridized carbons (Fsp3) is 0.381. The van der Waals surface area contributed by atoms with E-state index < -0.39 is 0 Å². The van der Waals surface area contributed by atoms with Crippen LogP contribution in [0, 0.1) is 0 Å². The smallest absolute Gasteiger partial charge is 0.137 e. The number of hydrogen-bond donors (Lipinski definition) is 1. The molecule has 148 valence electrons. The number of rotatable bonds is 5. The normalized spacial score (nSPS) is 15.5. The van der Waals surface area contributed by atoms with Crippen LogP contribution in [0.5, 0.6) is 11.5 Å². The first-order valence-corrected chi connectivity index (χ1v) is 10.3. The van der Waals surface area contributed by atoms with E-state index in [4.69, 9.17) is 14.5 Å². The van der Waals surface area contributed by atoms with Crippen LogP contribution in [0.15, 0.2) is 41.0 Å². The minimum absolute atomic E-state index is 0.791. The molecular weight excluding hydrogens is 420 g/mol. The Balaban J connectivity index is 1.86. The van der Waals surface area contributed by atoms with E-state index in [1.165, 1.54) is 0 Å². The molecule has 0 bridgehead atoms. The number of hydrogen-bond acceptors (Lipinski definition) is 5. The molecule has 0 aliphatic carbocycles. The summed E-state index contributed by atoms with van der Waals surface area (Å²) in [6.07, 6.45) is 3.24. The maximum atomic E-state index is 5.65. The van der Waals surface area contributed by atoms with E-state index in [-0.39, 0.29) is 0 Å². The molecule has 28 heavy (non-hydrogen) atoms. The Morgan fingerprint density at radius 2 is 2.00 bits per heavy atom. The Hall–Kier alpha value is -2.09. The Labute approximate surface area is 173 Å². The van der Waals surface area contributed by atoms with Crippen LogP contribution in [-0.2, 0) is 6.54 Å². The zero-order chi connectivity index (χ0) is 19.5. The van der Waals surface area contributed by atoms with Crippen LogP contribution in [0.1, 0.15) is 12.1 Å². The summed E-state index contributed by atoms with van der Waals surface area (Å²) in [5.74, 6) is 1.58. The van der Waals surface area contributed by atoms with Crippen LogP contribution >= 0.6 is 15.9 Å². The van der Waals surface area contributed by atoms with Crippen LogP contribution in [0.3, 0.4) is 0 Å². The van der Waals surface area contributed by atoms with Crippen LogP contribution in [-0.4, -0.2) is 54.7 Å². The topological polar surface area (TPSA) is 51.0 Å². The first kappa shape index (κ1) is 19.2. The molecule has 0 radical (unpaired) electrons. The quantitative estimate of drug-likeness (QED) is 0.651. The molecule has 3 aromatic rings. The Morgan fingerprint density at radius 3 is 2.82 bits per heavy atom. The van der Waals surface area contributed by atoms with Gasteiger partial charge in [0, 0.05) is 35.9 Å². The number of halogens is 1. The fourth-order valence-corrected chi connectivity index (χ4v) is 4.04. The minimum atomic E-state index is 0.791. The largest absolute Gasteiger partial charge is 0.497 e. The van der Waals surface area contributed by atoms with Crippen LogP contribution in [0.25, 0.3) is 16.9 Å². The molecule has 0 saturated carbocycles. The molecule has 1 fully saturated rings. The number of imidazole rings is 1. The standard InChI is InChI=1S/C21H25BrN4O2/c1-27-16-5-6-19(28-2)17(12-16)21-18(14-25-10-3-8-23-9-11-25)26-13-15(22)4-7-20(26)24-21/h4-7,12-13,23H,3,8-11,14H2,1-2H3. The van der Waals surface area contributed by atoms with Gasteiger partial charge in [0.1, 0.15) is 17.1 Å². The predicted octanol–water partition coefficient (Wildman–Crippen LogP) is 3.58. The highest BCUT2D eigenvalue weighted by Gasteiger charge is 2.21. The monoisotopic (exact) mass is 444 g/mol. The van der Waals surface area contributed by atoms with E-state index in [0.29, 0.717) is 0 Å². The summed E-state index contributed by atoms with van der Waals surface area (Å²) in [6, 6.07) is 9.91. The summed E-state index contributed by atoms with van der Waals surface area (Å²) in [4.78, 5) is 7.45. The van der Waals surface area contributed by atoms with Gasteiger partial charge < -0.3 is 19.2 Å². The predicted molar refractivity (Wildman–Crippen MR) is 114 cm³/mol. The molecular formula is C21H25BrN4O2. The molecule has 3 heterocycles. The number of nitrogens with one attached hydrogen (secondary N) is 1. The second-order valence-electron chi connectivity index (χ2n) is 6.93. The lowest BCUT2D eigenvalue weighted by atomic mass is 10.1. The van der Waals surface area contributed by atoms with Crippen molar-refractivity contribution in [3.05, 3.63) is 46.7 Å². The van der Waals surface area contributed by atoms with E-state index in [2.05, 4.69) is 36.7 Å². The molecule has 1 N–H and O–H groups in total. The summed E-state index contributed by atoms with van der Waals surface area (Å²) < 4.78 is 14.3. The molecule has 1 aromatic carbocycles. The zero-order valence-corrected chi connectivity index (χ0v) is 17.8. The molecule has 1 aliphatic heterocycles. The van der Waals surface area contributed by atoms with Crippen LogP contribution in [0.2, 0.25) is 0 Å². The lowest BCUT2D eigenvalue weighted by molar-refractivity contribution is 0.280. The van der Waals surface area contributed by atoms with E-state index in [9.17, 15) is 0 Å². The second kappa shape index (κ2) is 8.51. The highest BCUT2D eigenvalue weighted by Crippen LogP contribution is 2.36. The van der Waals surface area contributed by atoms with E-state index in [1.807, 2.05) is 30.3 Å². The third kappa shape index (κ3) is 3.87. The van der Waals surface area contributed by atoms with Crippen molar-refractivity contribution in [3.8, 4) is 22.8 Å². The van der Waals surface area contributed by atoms with E-state index in [1.54, 1.807) is 14.2 Å². The van der Waals surface area contributed by atoms with Gasteiger partial charge in [-0.1, -0.05) is 0 Å². The van der Waals surface area contributed by atoms with Gasteiger partial charge in [-0.25, -0.2) is 4.98 Å². The molecule has 0 spiro atoms. The molecule has 0 atom stereocenters. The SMILES string of the molecule is COc1ccc(OC)c(-c2nc3ccc(Br)cn3c2CN2CCCNCC2)c1. The van der Waals surface area contributed by atoms with Crippen molar-refractivity contribution < 1.29 is 9.47 Å². The molecule has 1 aliphatic rings. The molecule has 6 nitrogen and oxygen atoms in total. The molecule has 0 unspecified atom stereocenters. The molecule has 2 aromatic heterocycles. The highest BCUT2D eigenvalue weighted by molar-refractivity contribution is 9.10. The van der Waals surface area contributed by atoms with Crippen molar-refractivity contribution >= 4 is 21.6 Å². The zero-order valence-electron chi connectivity index (χ0n) is 16.2. The minimum Gasteiger partial charge on any atom is -0.497 e. The first-order valence-electron chi connectivity index (χ1n) is 9.51. The second-order valence-corrected chi connectivity index (χ2v) is 7.84. The average molecular weight is 445 g/mol. The Morgan fingerprint density at radius 1 is 1.11 bits per heavy atom. The van der Waals surface area contributed by atoms with Crippen molar-refractivity contribution in [1.29, 1.82) is 0 Å². The van der Waals surface area contributed by atoms with Crippen LogP contribution in [0.4, 0.5) is 0 Å². The Kier molecular flexibility index (Phi) is 5.85. The molecule has 7 heteroatoms. The number of aromatic nitrogens is 2. The average Bonchev–Trinajstić information content (AvgIpc) is 2.88. The number of fused-ring (bicyclic) bond motifs is 1. The van der Waals surface area contributed by atoms with E-state index >= 15 is 0 Å². The summed E-state index contributed by atoms with van der Waals surface area (Å²) in [6.45, 7) is 5.01. The number of ether oxygens (including phenoxy) is 2. The van der Waals surface area contributed by atoms with Crippen molar-refractivity contribution in [2.24, 2.45) is 0 Å². The third-order valence-electron chi connectivity index (χ3n) is 5.15. The maximum absolute atomic E-state index is 5.65. The van der Waals surface area contributed by atoms with Gasteiger partial charge in [0.25, 0.3) is 0 Å². The summed E-state index contributed by atoms with van der Waals surface area (Å²) >= 11 is 3.60. The van der Waals surface area contributed by atoms with Crippen molar-refractivity contribution in [2.75, 3.05) is 40.4 Å². The van der Waals surface area contributed by atoms with Crippen molar-refractivity contribution in [3.63, 3.8) is 0 Å². The van der Waals surface area contributed by atoms with Gasteiger partial charge in [0.05, 0.1) is 25.6 Å². The van der Waals surface area contributed by atoms with Gasteiger partial charge in [0.15, 0.2) is 0 Å². The lowest BCUT2D eigenvalue weighted by Crippen LogP contribution is -2.28. The summed E-state index contributed by atoms with van der Waals surface area (Å²) in [5.41, 5.74) is 3.96. The number of methoxy groups -OCH3 is 2. The summed E-state index contributed by atoms with van der Waals surface area (Å²) in [7, 11) is 3.37. The molecule has 0 amide bonds. The van der Waals surface area contributed by atoms with Crippen molar-refractivity contribution in [2.45, 2.75) is 13.0 Å². The van der Waals surface area contributed by atoms with Crippen molar-refractivity contribution in [1.82, 2.24) is 19.6 Å². The lowest BCUT2D eigenvalue weighted by Gasteiger charge is -2.20. The number of benzene rings is 1. The summed E-state index contributed by atoms with van der Waals surface area (Å²) in [5, 5.41) is 3.47. The number of pyridine rings is 1. The van der Waals surface area contributed by atoms with Gasteiger partial charge in [0.2, 0.25) is 0 Å². The Bertz CT molecular complexity index is 964. The maximum Gasteiger partial charge on any atom is 0.137 e. The third-order valence-corrected chi connectivity index (χ3v) is 5.62. The highest BCUT2D eigenvalue weighted by atomic mass is 79.9. The van der Waals surface area contributed by atoms with Crippen LogP contribution < -0.4 is 14.8 Å². The van der Waals surface area contributed by atoms with Gasteiger partial charge in [-0.05, 0) is 65.8 Å². The molecule has 4 rings (SSSR count). The van der Waals surface area contributed by atoms with Gasteiger partial charge in [-0.15, -0.1) is 0 Å². The molecule has 1 saturated heterocycles. The van der Waals surface area contributed by atoms with Gasteiger partial charge in [-0.3, -0.25) is 4.90 Å². The first-order chi connectivity index (χ1) is 13.7. The number of nitrogens with zero attached hydrogens (tertiary/aromatic N) is 3.